The Balaban J connectivity index is 2.09. The van der Waals surface area contributed by atoms with Crippen molar-refractivity contribution in [2.75, 3.05) is 6.61 Å². The van der Waals surface area contributed by atoms with Gasteiger partial charge in [0.2, 0.25) is 0 Å². The second kappa shape index (κ2) is 7.50. The smallest absolute Gasteiger partial charge is 0.327 e. The zero-order chi connectivity index (χ0) is 15.1. The molecule has 1 N–H and O–H groups in total. The van der Waals surface area contributed by atoms with Gasteiger partial charge in [-0.3, -0.25) is 15.3 Å². The van der Waals surface area contributed by atoms with Gasteiger partial charge < -0.3 is 4.74 Å². The minimum atomic E-state index is -0.505. The number of nitrogens with one attached hydrogen (secondary N) is 1. The molecule has 0 spiro atoms. The number of benzene rings is 1. The molecule has 0 bridgehead atoms. The minimum Gasteiger partial charge on any atom is -0.465 e. The van der Waals surface area contributed by atoms with E-state index in [1.165, 1.54) is 0 Å². The summed E-state index contributed by atoms with van der Waals surface area (Å²) in [6, 6.07) is 9.00. The normalized spacial score (nSPS) is 11.9. The van der Waals surface area contributed by atoms with Gasteiger partial charge in [0, 0.05) is 18.9 Å². The van der Waals surface area contributed by atoms with E-state index in [2.05, 4.69) is 15.3 Å². The Hall–Kier alpha value is -2.27. The van der Waals surface area contributed by atoms with E-state index >= 15 is 0 Å². The summed E-state index contributed by atoms with van der Waals surface area (Å²) in [4.78, 5) is 20.6. The number of aryl methyl sites for hydroxylation is 1. The highest BCUT2D eigenvalue weighted by atomic mass is 16.5. The fourth-order valence-electron chi connectivity index (χ4n) is 1.93. The zero-order valence-electron chi connectivity index (χ0n) is 12.2. The molecule has 0 aliphatic rings. The summed E-state index contributed by atoms with van der Waals surface area (Å²) in [5, 5.41) is 3.18. The molecule has 1 aromatic carbocycles. The molecule has 2 aromatic rings. The lowest BCUT2D eigenvalue weighted by Gasteiger charge is -2.17. The van der Waals surface area contributed by atoms with Crippen molar-refractivity contribution in [2.45, 2.75) is 26.4 Å². The Labute approximate surface area is 124 Å². The summed E-state index contributed by atoms with van der Waals surface area (Å²) < 4.78 is 5.13. The molecule has 5 heteroatoms. The van der Waals surface area contributed by atoms with Crippen LogP contribution in [0.3, 0.4) is 0 Å². The zero-order valence-corrected chi connectivity index (χ0v) is 12.2. The summed E-state index contributed by atoms with van der Waals surface area (Å²) in [5.41, 5.74) is 2.52. The highest BCUT2D eigenvalue weighted by Gasteiger charge is 2.21. The summed E-state index contributed by atoms with van der Waals surface area (Å²) in [5.74, 6) is -0.288. The molecule has 1 unspecified atom stereocenters. The van der Waals surface area contributed by atoms with Gasteiger partial charge in [-0.1, -0.05) is 30.3 Å². The third-order valence-corrected chi connectivity index (χ3v) is 2.98. The molecule has 2 rings (SSSR count). The Morgan fingerprint density at radius 1 is 1.24 bits per heavy atom. The molecular weight excluding hydrogens is 266 g/mol. The third-order valence-electron chi connectivity index (χ3n) is 2.98. The van der Waals surface area contributed by atoms with E-state index in [1.54, 1.807) is 19.3 Å². The van der Waals surface area contributed by atoms with E-state index in [4.69, 9.17) is 4.74 Å². The number of carbonyl (C=O) groups is 1. The summed E-state index contributed by atoms with van der Waals surface area (Å²) in [6.45, 7) is 4.49. The number of nitrogens with zero attached hydrogens (tertiary/aromatic N) is 2. The molecular formula is C16H19N3O2. The maximum absolute atomic E-state index is 12.1. The lowest BCUT2D eigenvalue weighted by atomic mass is 10.1. The van der Waals surface area contributed by atoms with Gasteiger partial charge in [-0.15, -0.1) is 0 Å². The van der Waals surface area contributed by atoms with E-state index in [0.29, 0.717) is 13.2 Å². The van der Waals surface area contributed by atoms with Crippen LogP contribution in [-0.2, 0) is 16.1 Å². The van der Waals surface area contributed by atoms with Crippen molar-refractivity contribution in [1.29, 1.82) is 0 Å². The molecule has 1 heterocycles. The van der Waals surface area contributed by atoms with Crippen LogP contribution in [0.4, 0.5) is 0 Å². The second-order valence-electron chi connectivity index (χ2n) is 4.63. The van der Waals surface area contributed by atoms with Crippen molar-refractivity contribution in [3.8, 4) is 0 Å². The van der Waals surface area contributed by atoms with Crippen LogP contribution in [0.1, 0.15) is 29.9 Å². The van der Waals surface area contributed by atoms with Crippen LogP contribution >= 0.6 is 0 Å². The molecule has 1 aromatic heterocycles. The number of carbonyl (C=O) groups excluding carboxylic acids is 1. The highest BCUT2D eigenvalue weighted by molar-refractivity contribution is 5.77. The summed E-state index contributed by atoms with van der Waals surface area (Å²) in [7, 11) is 0. The molecule has 0 fully saturated rings. The number of esters is 1. The molecule has 0 saturated heterocycles. The Morgan fingerprint density at radius 2 is 2.00 bits per heavy atom. The molecule has 0 aliphatic heterocycles. The average Bonchev–Trinajstić information content (AvgIpc) is 2.51. The molecule has 5 nitrogen and oxygen atoms in total. The van der Waals surface area contributed by atoms with Crippen LogP contribution in [0.15, 0.2) is 42.7 Å². The third kappa shape index (κ3) is 4.36. The fraction of sp³-hybridized carbons (Fsp3) is 0.312. The lowest BCUT2D eigenvalue weighted by molar-refractivity contribution is -0.145. The van der Waals surface area contributed by atoms with Crippen molar-refractivity contribution in [3.63, 3.8) is 0 Å². The monoisotopic (exact) mass is 285 g/mol. The van der Waals surface area contributed by atoms with Crippen LogP contribution in [0.5, 0.6) is 0 Å². The average molecular weight is 285 g/mol. The van der Waals surface area contributed by atoms with Crippen LogP contribution in [0.2, 0.25) is 0 Å². The molecule has 0 amide bonds. The fourth-order valence-corrected chi connectivity index (χ4v) is 1.93. The first-order chi connectivity index (χ1) is 10.2. The maximum Gasteiger partial charge on any atom is 0.327 e. The first kappa shape index (κ1) is 15.1. The van der Waals surface area contributed by atoms with Crippen LogP contribution < -0.4 is 5.32 Å². The van der Waals surface area contributed by atoms with Crippen LogP contribution in [0, 0.1) is 6.92 Å². The first-order valence-corrected chi connectivity index (χ1v) is 6.93. The van der Waals surface area contributed by atoms with Gasteiger partial charge in [-0.25, -0.2) is 4.79 Å². The van der Waals surface area contributed by atoms with Crippen molar-refractivity contribution in [3.05, 3.63) is 59.7 Å². The largest absolute Gasteiger partial charge is 0.465 e. The quantitative estimate of drug-likeness (QED) is 0.824. The van der Waals surface area contributed by atoms with E-state index in [0.717, 1.165) is 17.0 Å². The van der Waals surface area contributed by atoms with Crippen LogP contribution in [0.25, 0.3) is 0 Å². The van der Waals surface area contributed by atoms with E-state index < -0.39 is 6.04 Å². The Morgan fingerprint density at radius 3 is 2.62 bits per heavy atom. The molecule has 110 valence electrons. The maximum atomic E-state index is 12.1. The van der Waals surface area contributed by atoms with Crippen LogP contribution in [-0.4, -0.2) is 22.5 Å². The topological polar surface area (TPSA) is 64.1 Å². The molecule has 21 heavy (non-hydrogen) atoms. The van der Waals surface area contributed by atoms with Gasteiger partial charge in [-0.05, 0) is 19.4 Å². The summed E-state index contributed by atoms with van der Waals surface area (Å²) in [6.07, 6.45) is 3.41. The molecule has 1 atom stereocenters. The number of hydrogen-bond donors (Lipinski definition) is 1. The molecule has 0 radical (unpaired) electrons. The highest BCUT2D eigenvalue weighted by Crippen LogP contribution is 2.15. The van der Waals surface area contributed by atoms with Gasteiger partial charge in [0.15, 0.2) is 0 Å². The SMILES string of the molecule is CCOC(=O)C(NCc1cnc(C)cn1)c1ccccc1. The predicted molar refractivity (Wildman–Crippen MR) is 79.4 cm³/mol. The standard InChI is InChI=1S/C16H19N3O2/c1-3-21-16(20)15(13-7-5-4-6-8-13)19-11-14-10-17-12(2)9-18-14/h4-10,15,19H,3,11H2,1-2H3. The van der Waals surface area contributed by atoms with Gasteiger partial charge in [-0.2, -0.15) is 0 Å². The Kier molecular flexibility index (Phi) is 5.40. The van der Waals surface area contributed by atoms with Crippen molar-refractivity contribution < 1.29 is 9.53 Å². The van der Waals surface area contributed by atoms with Crippen molar-refractivity contribution in [1.82, 2.24) is 15.3 Å². The Bertz CT molecular complexity index is 570. The van der Waals surface area contributed by atoms with E-state index in [1.807, 2.05) is 37.3 Å². The predicted octanol–water partition coefficient (Wildman–Crippen LogP) is 2.18. The van der Waals surface area contributed by atoms with E-state index in [9.17, 15) is 4.79 Å². The van der Waals surface area contributed by atoms with E-state index in [-0.39, 0.29) is 5.97 Å². The molecule has 0 saturated carbocycles. The lowest BCUT2D eigenvalue weighted by Crippen LogP contribution is -2.30. The van der Waals surface area contributed by atoms with Crippen molar-refractivity contribution >= 4 is 5.97 Å². The second-order valence-corrected chi connectivity index (χ2v) is 4.63. The summed E-state index contributed by atoms with van der Waals surface area (Å²) >= 11 is 0. The number of rotatable bonds is 6. The van der Waals surface area contributed by atoms with Crippen molar-refractivity contribution in [2.24, 2.45) is 0 Å². The molecule has 0 aliphatic carbocycles. The number of hydrogen-bond acceptors (Lipinski definition) is 5. The first-order valence-electron chi connectivity index (χ1n) is 6.93. The van der Waals surface area contributed by atoms with Gasteiger partial charge >= 0.3 is 5.97 Å². The van der Waals surface area contributed by atoms with Gasteiger partial charge in [0.1, 0.15) is 6.04 Å². The number of aromatic nitrogens is 2. The van der Waals surface area contributed by atoms with Gasteiger partial charge in [0.05, 0.1) is 18.0 Å². The minimum absolute atomic E-state index is 0.288. The number of ether oxygens (including phenoxy) is 1. The van der Waals surface area contributed by atoms with Gasteiger partial charge in [0.25, 0.3) is 0 Å².